The molecule has 0 aliphatic carbocycles. The molecule has 0 radical (unpaired) electrons. The summed E-state index contributed by atoms with van der Waals surface area (Å²) in [5.74, 6) is 0.742. The molecule has 0 amide bonds. The second kappa shape index (κ2) is 4.96. The summed E-state index contributed by atoms with van der Waals surface area (Å²) < 4.78 is 7.89. The quantitative estimate of drug-likeness (QED) is 0.568. The average molecular weight is 308 g/mol. The largest absolute Gasteiger partial charge is 0.497 e. The molecule has 0 unspecified atom stereocenters. The summed E-state index contributed by atoms with van der Waals surface area (Å²) in [6.07, 6.45) is 1.94. The summed E-state index contributed by atoms with van der Waals surface area (Å²) in [6, 6.07) is 15.0. The van der Waals surface area contributed by atoms with Crippen LogP contribution < -0.4 is 10.2 Å². The Morgan fingerprint density at radius 2 is 2.00 bits per heavy atom. The first-order valence-electron chi connectivity index (χ1n) is 6.81. The van der Waals surface area contributed by atoms with E-state index in [-0.39, 0.29) is 5.43 Å². The molecular weight excluding hydrogens is 296 g/mol. The van der Waals surface area contributed by atoms with Gasteiger partial charge >= 0.3 is 0 Å². The molecule has 5 heteroatoms. The highest BCUT2D eigenvalue weighted by Crippen LogP contribution is 2.26. The van der Waals surface area contributed by atoms with Gasteiger partial charge in [0.2, 0.25) is 0 Å². The number of ether oxygens (including phenoxy) is 1. The van der Waals surface area contributed by atoms with Gasteiger partial charge in [-0.1, -0.05) is 18.2 Å². The van der Waals surface area contributed by atoms with Gasteiger partial charge in [0, 0.05) is 27.7 Å². The summed E-state index contributed by atoms with van der Waals surface area (Å²) in [6.45, 7) is 0. The van der Waals surface area contributed by atoms with Gasteiger partial charge in [0.15, 0.2) is 5.43 Å². The molecule has 0 aliphatic rings. The molecule has 0 bridgehead atoms. The third kappa shape index (κ3) is 2.07. The molecule has 0 N–H and O–H groups in total. The standard InChI is InChI=1S/C17H12N2O2S/c1-21-12-6-7-13-15(20)9-17(22-16(13)8-12)19-10-11-4-2-3-5-14(11)18-19/h2-10H,1H3. The molecule has 0 aliphatic heterocycles. The fourth-order valence-electron chi connectivity index (χ4n) is 2.44. The maximum absolute atomic E-state index is 12.3. The van der Waals surface area contributed by atoms with E-state index in [1.165, 1.54) is 11.3 Å². The summed E-state index contributed by atoms with van der Waals surface area (Å²) >= 11 is 1.52. The highest BCUT2D eigenvalue weighted by atomic mass is 32.1. The van der Waals surface area contributed by atoms with E-state index in [1.807, 2.05) is 36.5 Å². The Labute approximate surface area is 130 Å². The van der Waals surface area contributed by atoms with Crippen molar-refractivity contribution >= 4 is 32.3 Å². The minimum absolute atomic E-state index is 0.00837. The first kappa shape index (κ1) is 13.0. The Morgan fingerprint density at radius 1 is 1.14 bits per heavy atom. The fraction of sp³-hybridized carbons (Fsp3) is 0.0588. The Morgan fingerprint density at radius 3 is 2.82 bits per heavy atom. The maximum Gasteiger partial charge on any atom is 0.190 e. The number of hydrogen-bond donors (Lipinski definition) is 0. The lowest BCUT2D eigenvalue weighted by Gasteiger charge is -2.04. The molecule has 4 aromatic rings. The first-order valence-corrected chi connectivity index (χ1v) is 7.63. The van der Waals surface area contributed by atoms with Crippen LogP contribution in [0.1, 0.15) is 0 Å². The lowest BCUT2D eigenvalue weighted by molar-refractivity contribution is 0.415. The van der Waals surface area contributed by atoms with Crippen LogP contribution in [0.3, 0.4) is 0 Å². The normalized spacial score (nSPS) is 11.1. The maximum atomic E-state index is 12.3. The lowest BCUT2D eigenvalue weighted by atomic mass is 10.2. The van der Waals surface area contributed by atoms with E-state index in [9.17, 15) is 4.79 Å². The van der Waals surface area contributed by atoms with Crippen molar-refractivity contribution in [3.05, 3.63) is 65.0 Å². The molecule has 22 heavy (non-hydrogen) atoms. The molecule has 4 rings (SSSR count). The van der Waals surface area contributed by atoms with Crippen LogP contribution >= 0.6 is 11.3 Å². The zero-order valence-corrected chi connectivity index (χ0v) is 12.6. The minimum Gasteiger partial charge on any atom is -0.497 e. The van der Waals surface area contributed by atoms with Crippen LogP contribution in [0, 0.1) is 0 Å². The molecule has 0 fully saturated rings. The molecule has 4 nitrogen and oxygen atoms in total. The van der Waals surface area contributed by atoms with Gasteiger partial charge in [-0.05, 0) is 24.3 Å². The summed E-state index contributed by atoms with van der Waals surface area (Å²) in [5, 5.41) is 7.07. The molecule has 108 valence electrons. The van der Waals surface area contributed by atoms with Crippen LogP contribution in [0.15, 0.2) is 59.5 Å². The van der Waals surface area contributed by atoms with Crippen molar-refractivity contribution in [2.24, 2.45) is 0 Å². The van der Waals surface area contributed by atoms with E-state index in [2.05, 4.69) is 5.10 Å². The molecule has 2 aromatic heterocycles. The molecular formula is C17H12N2O2S. The molecule has 0 saturated heterocycles. The van der Waals surface area contributed by atoms with Gasteiger partial charge in [-0.25, -0.2) is 4.68 Å². The van der Waals surface area contributed by atoms with Gasteiger partial charge in [-0.15, -0.1) is 11.3 Å². The lowest BCUT2D eigenvalue weighted by Crippen LogP contribution is -2.03. The van der Waals surface area contributed by atoms with Crippen LogP contribution in [-0.2, 0) is 0 Å². The van der Waals surface area contributed by atoms with Crippen molar-refractivity contribution in [2.45, 2.75) is 0 Å². The van der Waals surface area contributed by atoms with Crippen molar-refractivity contribution in [3.8, 4) is 10.8 Å². The molecule has 2 aromatic carbocycles. The second-order valence-corrected chi connectivity index (χ2v) is 6.01. The van der Waals surface area contributed by atoms with Crippen LogP contribution in [0.2, 0.25) is 0 Å². The first-order chi connectivity index (χ1) is 10.7. The van der Waals surface area contributed by atoms with Gasteiger partial charge in [0.25, 0.3) is 0 Å². The number of rotatable bonds is 2. The highest BCUT2D eigenvalue weighted by molar-refractivity contribution is 7.20. The number of methoxy groups -OCH3 is 1. The monoisotopic (exact) mass is 308 g/mol. The van der Waals surface area contributed by atoms with Gasteiger partial charge in [0.05, 0.1) is 12.6 Å². The zero-order chi connectivity index (χ0) is 15.1. The zero-order valence-electron chi connectivity index (χ0n) is 11.8. The van der Waals surface area contributed by atoms with Crippen molar-refractivity contribution in [2.75, 3.05) is 7.11 Å². The van der Waals surface area contributed by atoms with Crippen LogP contribution in [0.5, 0.6) is 5.75 Å². The number of benzene rings is 2. The average Bonchev–Trinajstić information content (AvgIpc) is 2.98. The summed E-state index contributed by atoms with van der Waals surface area (Å²) in [5.41, 5.74) is 0.902. The Bertz CT molecular complexity index is 1020. The van der Waals surface area contributed by atoms with E-state index < -0.39 is 0 Å². The van der Waals surface area contributed by atoms with Gasteiger partial charge in [0.1, 0.15) is 10.8 Å². The van der Waals surface area contributed by atoms with Crippen molar-refractivity contribution in [3.63, 3.8) is 0 Å². The number of hydrogen-bond acceptors (Lipinski definition) is 4. The summed E-state index contributed by atoms with van der Waals surface area (Å²) in [4.78, 5) is 12.3. The Kier molecular flexibility index (Phi) is 2.94. The molecule has 2 heterocycles. The predicted molar refractivity (Wildman–Crippen MR) is 89.3 cm³/mol. The van der Waals surface area contributed by atoms with Crippen LogP contribution in [0.4, 0.5) is 0 Å². The number of nitrogens with zero attached hydrogens (tertiary/aromatic N) is 2. The third-order valence-electron chi connectivity index (χ3n) is 3.56. The second-order valence-electron chi connectivity index (χ2n) is 4.94. The number of aromatic nitrogens is 2. The Hall–Kier alpha value is -2.66. The summed E-state index contributed by atoms with van der Waals surface area (Å²) in [7, 11) is 1.62. The van der Waals surface area contributed by atoms with Gasteiger partial charge in [-0.2, -0.15) is 5.10 Å². The molecule has 0 spiro atoms. The highest BCUT2D eigenvalue weighted by Gasteiger charge is 2.08. The molecule has 0 atom stereocenters. The fourth-order valence-corrected chi connectivity index (χ4v) is 3.47. The number of fused-ring (bicyclic) bond motifs is 2. The van der Waals surface area contributed by atoms with Crippen molar-refractivity contribution in [1.82, 2.24) is 9.78 Å². The van der Waals surface area contributed by atoms with Crippen LogP contribution in [0.25, 0.3) is 26.0 Å². The van der Waals surface area contributed by atoms with Gasteiger partial charge in [-0.3, -0.25) is 4.79 Å². The van der Waals surface area contributed by atoms with E-state index in [4.69, 9.17) is 4.74 Å². The van der Waals surface area contributed by atoms with E-state index in [0.29, 0.717) is 5.39 Å². The predicted octanol–water partition coefficient (Wildman–Crippen LogP) is 3.61. The van der Waals surface area contributed by atoms with E-state index >= 15 is 0 Å². The third-order valence-corrected chi connectivity index (χ3v) is 4.63. The van der Waals surface area contributed by atoms with E-state index in [0.717, 1.165) is 26.4 Å². The van der Waals surface area contributed by atoms with E-state index in [1.54, 1.807) is 30.0 Å². The topological polar surface area (TPSA) is 44.1 Å². The van der Waals surface area contributed by atoms with Crippen LogP contribution in [-0.4, -0.2) is 16.9 Å². The smallest absolute Gasteiger partial charge is 0.190 e. The molecule has 0 saturated carbocycles. The van der Waals surface area contributed by atoms with Crippen molar-refractivity contribution < 1.29 is 4.74 Å². The SMILES string of the molecule is COc1ccc2c(=O)cc(-n3cc4ccccc4n3)sc2c1. The Balaban J connectivity index is 1.96. The van der Waals surface area contributed by atoms with Gasteiger partial charge < -0.3 is 4.74 Å². The minimum atomic E-state index is -0.00837. The van der Waals surface area contributed by atoms with Crippen molar-refractivity contribution in [1.29, 1.82) is 0 Å².